The van der Waals surface area contributed by atoms with E-state index in [1.54, 1.807) is 0 Å². The van der Waals surface area contributed by atoms with E-state index in [1.807, 2.05) is 0 Å². The summed E-state index contributed by atoms with van der Waals surface area (Å²) in [5.74, 6) is 0.441. The largest absolute Gasteiger partial charge is 0.376 e. The van der Waals surface area contributed by atoms with Gasteiger partial charge in [0.2, 0.25) is 0 Å². The van der Waals surface area contributed by atoms with Crippen LogP contribution in [-0.4, -0.2) is 35.2 Å². The molecule has 2 heterocycles. The molecule has 1 atom stereocenters. The van der Waals surface area contributed by atoms with Crippen molar-refractivity contribution in [3.63, 3.8) is 0 Å². The average molecular weight is 285 g/mol. The fourth-order valence-electron chi connectivity index (χ4n) is 1.85. The average Bonchev–Trinajstić information content (AvgIpc) is 2.96. The molecule has 1 unspecified atom stereocenters. The Morgan fingerprint density at radius 2 is 2.45 bits per heavy atom. The number of alkyl halides is 2. The van der Waals surface area contributed by atoms with Crippen molar-refractivity contribution in [3.8, 4) is 0 Å². The maximum absolute atomic E-state index is 12.5. The molecule has 0 aromatic carbocycles. The summed E-state index contributed by atoms with van der Waals surface area (Å²) < 4.78 is 30.4. The van der Waals surface area contributed by atoms with E-state index in [2.05, 4.69) is 20.3 Å². The molecule has 3 N–H and O–H groups in total. The van der Waals surface area contributed by atoms with Gasteiger partial charge in [0.15, 0.2) is 5.96 Å². The number of hydrogen-bond acceptors (Lipinski definition) is 4. The highest BCUT2D eigenvalue weighted by molar-refractivity contribution is 5.77. The molecule has 0 radical (unpaired) electrons. The van der Waals surface area contributed by atoms with Gasteiger partial charge in [0.1, 0.15) is 18.1 Å². The van der Waals surface area contributed by atoms with Gasteiger partial charge in [-0.25, -0.2) is 23.7 Å². The van der Waals surface area contributed by atoms with Gasteiger partial charge in [-0.1, -0.05) is 0 Å². The minimum Gasteiger partial charge on any atom is -0.376 e. The van der Waals surface area contributed by atoms with Crippen molar-refractivity contribution in [2.45, 2.75) is 31.9 Å². The van der Waals surface area contributed by atoms with Gasteiger partial charge in [-0.3, -0.25) is 0 Å². The lowest BCUT2D eigenvalue weighted by molar-refractivity contribution is 0.114. The van der Waals surface area contributed by atoms with E-state index in [9.17, 15) is 8.78 Å². The first kappa shape index (κ1) is 14.6. The van der Waals surface area contributed by atoms with Crippen LogP contribution in [0.4, 0.5) is 8.78 Å². The molecule has 0 spiro atoms. The van der Waals surface area contributed by atoms with Crippen molar-refractivity contribution in [2.24, 2.45) is 10.7 Å². The predicted molar refractivity (Wildman–Crippen MR) is 69.3 cm³/mol. The van der Waals surface area contributed by atoms with Crippen LogP contribution in [0.1, 0.15) is 30.8 Å². The Morgan fingerprint density at radius 3 is 3.15 bits per heavy atom. The van der Waals surface area contributed by atoms with Gasteiger partial charge in [0.25, 0.3) is 6.43 Å². The van der Waals surface area contributed by atoms with Crippen LogP contribution in [0.5, 0.6) is 0 Å². The smallest absolute Gasteiger partial charge is 0.280 e. The quantitative estimate of drug-likeness (QED) is 0.622. The van der Waals surface area contributed by atoms with Crippen molar-refractivity contribution in [3.05, 3.63) is 23.8 Å². The summed E-state index contributed by atoms with van der Waals surface area (Å²) in [4.78, 5) is 11.6. The molecule has 110 valence electrons. The number of guanidine groups is 1. The third-order valence-electron chi connectivity index (χ3n) is 2.88. The van der Waals surface area contributed by atoms with Gasteiger partial charge < -0.3 is 15.8 Å². The first-order chi connectivity index (χ1) is 9.65. The monoisotopic (exact) mass is 285 g/mol. The van der Waals surface area contributed by atoms with Gasteiger partial charge in [0, 0.05) is 19.3 Å². The number of ether oxygens (including phenoxy) is 1. The van der Waals surface area contributed by atoms with E-state index in [-0.39, 0.29) is 30.1 Å². The number of halogens is 2. The second kappa shape index (κ2) is 7.09. The lowest BCUT2D eigenvalue weighted by Crippen LogP contribution is -2.37. The number of hydrogen-bond donors (Lipinski definition) is 2. The highest BCUT2D eigenvalue weighted by Crippen LogP contribution is 2.15. The van der Waals surface area contributed by atoms with E-state index in [4.69, 9.17) is 10.5 Å². The zero-order chi connectivity index (χ0) is 14.4. The summed E-state index contributed by atoms with van der Waals surface area (Å²) in [6.45, 7) is 1.43. The second-order valence-electron chi connectivity index (χ2n) is 4.42. The summed E-state index contributed by atoms with van der Waals surface area (Å²) >= 11 is 0. The van der Waals surface area contributed by atoms with Gasteiger partial charge in [-0.05, 0) is 18.9 Å². The third-order valence-corrected chi connectivity index (χ3v) is 2.88. The van der Waals surface area contributed by atoms with Gasteiger partial charge in [-0.15, -0.1) is 0 Å². The number of aliphatic imine (C=N–C) groups is 1. The summed E-state index contributed by atoms with van der Waals surface area (Å²) in [5.41, 5.74) is 5.37. The van der Waals surface area contributed by atoms with E-state index < -0.39 is 6.43 Å². The molecule has 1 saturated heterocycles. The van der Waals surface area contributed by atoms with Crippen molar-refractivity contribution >= 4 is 5.96 Å². The van der Waals surface area contributed by atoms with Crippen LogP contribution in [0.2, 0.25) is 0 Å². The Bertz CT molecular complexity index is 463. The van der Waals surface area contributed by atoms with Gasteiger partial charge >= 0.3 is 0 Å². The molecule has 20 heavy (non-hydrogen) atoms. The molecule has 1 aromatic heterocycles. The highest BCUT2D eigenvalue weighted by Gasteiger charge is 2.15. The summed E-state index contributed by atoms with van der Waals surface area (Å²) in [5, 5.41) is 2.93. The van der Waals surface area contributed by atoms with E-state index in [0.29, 0.717) is 6.54 Å². The fourth-order valence-corrected chi connectivity index (χ4v) is 1.85. The van der Waals surface area contributed by atoms with Gasteiger partial charge in [-0.2, -0.15) is 0 Å². The summed E-state index contributed by atoms with van der Waals surface area (Å²) in [6.07, 6.45) is 0.880. The maximum atomic E-state index is 12.5. The molecule has 0 amide bonds. The Hall–Kier alpha value is -1.83. The van der Waals surface area contributed by atoms with Crippen LogP contribution in [0.15, 0.2) is 17.3 Å². The number of rotatable bonds is 5. The van der Waals surface area contributed by atoms with E-state index >= 15 is 0 Å². The predicted octanol–water partition coefficient (Wildman–Crippen LogP) is 0.997. The zero-order valence-electron chi connectivity index (χ0n) is 10.9. The molecule has 0 saturated carbocycles. The Balaban J connectivity index is 1.82. The normalized spacial score (nSPS) is 19.6. The number of nitrogens with zero attached hydrogens (tertiary/aromatic N) is 3. The van der Waals surface area contributed by atoms with Gasteiger partial charge in [0.05, 0.1) is 6.10 Å². The summed E-state index contributed by atoms with van der Waals surface area (Å²) in [6, 6.07) is 1.18. The van der Waals surface area contributed by atoms with Crippen molar-refractivity contribution < 1.29 is 13.5 Å². The summed E-state index contributed by atoms with van der Waals surface area (Å²) in [7, 11) is 0. The highest BCUT2D eigenvalue weighted by atomic mass is 19.3. The molecule has 1 aliphatic heterocycles. The molecule has 6 nitrogen and oxygen atoms in total. The number of nitrogens with one attached hydrogen (secondary N) is 1. The molecule has 0 bridgehead atoms. The Labute approximate surface area is 115 Å². The molecule has 8 heteroatoms. The standard InChI is InChI=1S/C12H17F2N5O/c13-11(14)9-3-4-16-10(19-9)7-18-12(15)17-6-8-2-1-5-20-8/h3-4,8,11H,1-2,5-7H2,(H3,15,17,18). The van der Waals surface area contributed by atoms with Crippen molar-refractivity contribution in [1.29, 1.82) is 0 Å². The number of aromatic nitrogens is 2. The molecular weight excluding hydrogens is 268 g/mol. The lowest BCUT2D eigenvalue weighted by Gasteiger charge is -2.10. The SMILES string of the molecule is NC(=NCc1nccc(C(F)F)n1)NCC1CCCO1. The van der Waals surface area contributed by atoms with Crippen LogP contribution >= 0.6 is 0 Å². The molecule has 1 aliphatic rings. The maximum Gasteiger partial charge on any atom is 0.280 e. The minimum atomic E-state index is -2.62. The Morgan fingerprint density at radius 1 is 1.60 bits per heavy atom. The number of nitrogens with two attached hydrogens (primary N) is 1. The second-order valence-corrected chi connectivity index (χ2v) is 4.42. The first-order valence-electron chi connectivity index (χ1n) is 6.40. The fraction of sp³-hybridized carbons (Fsp3) is 0.583. The Kier molecular flexibility index (Phi) is 5.16. The molecule has 1 aromatic rings. The van der Waals surface area contributed by atoms with E-state index in [1.165, 1.54) is 12.3 Å². The van der Waals surface area contributed by atoms with Crippen LogP contribution in [0, 0.1) is 0 Å². The molecule has 1 fully saturated rings. The van der Waals surface area contributed by atoms with Crippen molar-refractivity contribution in [1.82, 2.24) is 15.3 Å². The minimum absolute atomic E-state index is 0.0604. The molecular formula is C12H17F2N5O. The van der Waals surface area contributed by atoms with Crippen molar-refractivity contribution in [2.75, 3.05) is 13.2 Å². The zero-order valence-corrected chi connectivity index (χ0v) is 10.9. The first-order valence-corrected chi connectivity index (χ1v) is 6.40. The topological polar surface area (TPSA) is 85.4 Å². The van der Waals surface area contributed by atoms with Crippen LogP contribution in [0.25, 0.3) is 0 Å². The lowest BCUT2D eigenvalue weighted by atomic mass is 10.2. The molecule has 0 aliphatic carbocycles. The third kappa shape index (κ3) is 4.37. The van der Waals surface area contributed by atoms with Crippen LogP contribution < -0.4 is 11.1 Å². The molecule has 2 rings (SSSR count). The van der Waals surface area contributed by atoms with Crippen LogP contribution in [-0.2, 0) is 11.3 Å². The van der Waals surface area contributed by atoms with E-state index in [0.717, 1.165) is 19.4 Å². The van der Waals surface area contributed by atoms with Crippen LogP contribution in [0.3, 0.4) is 0 Å².